The lowest BCUT2D eigenvalue weighted by molar-refractivity contribution is 0.0595. The number of carbonyl (C=O) groups excluding carboxylic acids is 1. The molecule has 0 amide bonds. The maximum Gasteiger partial charge on any atom is 0.360 e. The molecule has 24 heavy (non-hydrogen) atoms. The van der Waals surface area contributed by atoms with Crippen molar-refractivity contribution in [3.8, 4) is 0 Å². The van der Waals surface area contributed by atoms with Crippen molar-refractivity contribution in [3.63, 3.8) is 0 Å². The first-order valence-corrected chi connectivity index (χ1v) is 8.68. The third-order valence-electron chi connectivity index (χ3n) is 2.80. The van der Waals surface area contributed by atoms with Gasteiger partial charge in [0.1, 0.15) is 5.82 Å². The minimum atomic E-state index is -4.16. The van der Waals surface area contributed by atoms with E-state index in [1.165, 1.54) is 18.5 Å². The molecule has 1 heterocycles. The molecule has 1 aromatic heterocycles. The Hall–Kier alpha value is -1.97. The summed E-state index contributed by atoms with van der Waals surface area (Å²) in [6, 6.07) is 2.21. The smallest absolute Gasteiger partial charge is 0.360 e. The number of esters is 1. The number of anilines is 1. The summed E-state index contributed by atoms with van der Waals surface area (Å²) in [6.07, 6.45) is 2.37. The predicted molar refractivity (Wildman–Crippen MR) is 86.0 cm³/mol. The second-order valence-corrected chi connectivity index (χ2v) is 6.94. The molecule has 0 bridgehead atoms. The van der Waals surface area contributed by atoms with Gasteiger partial charge < -0.3 is 4.74 Å². The summed E-state index contributed by atoms with van der Waals surface area (Å²) in [5, 5.41) is -0.201. The second-order valence-electron chi connectivity index (χ2n) is 4.43. The number of hydrogen-bond donors (Lipinski definition) is 1. The lowest BCUT2D eigenvalue weighted by atomic mass is 10.2. The molecule has 1 N–H and O–H groups in total. The zero-order valence-electron chi connectivity index (χ0n) is 12.1. The molecular formula is C13H10Cl2FN3O4S. The van der Waals surface area contributed by atoms with E-state index in [0.29, 0.717) is 0 Å². The monoisotopic (exact) mass is 393 g/mol. The van der Waals surface area contributed by atoms with Crippen molar-refractivity contribution in [1.82, 2.24) is 9.97 Å². The molecule has 2 aromatic rings. The fourth-order valence-electron chi connectivity index (χ4n) is 1.73. The van der Waals surface area contributed by atoms with Gasteiger partial charge in [-0.25, -0.2) is 27.6 Å². The number of methoxy groups -OCH3 is 1. The van der Waals surface area contributed by atoms with Crippen LogP contribution < -0.4 is 4.72 Å². The highest BCUT2D eigenvalue weighted by molar-refractivity contribution is 7.91. The molecule has 7 nitrogen and oxygen atoms in total. The fraction of sp³-hybridized carbons (Fsp3) is 0.154. The second kappa shape index (κ2) is 7.29. The summed E-state index contributed by atoms with van der Waals surface area (Å²) in [5.41, 5.74) is -0.638. The molecule has 0 aliphatic rings. The fourth-order valence-corrected chi connectivity index (χ4v) is 3.39. The zero-order valence-corrected chi connectivity index (χ0v) is 14.4. The molecule has 1 aromatic carbocycles. The van der Waals surface area contributed by atoms with Crippen LogP contribution in [0.1, 0.15) is 16.1 Å². The lowest BCUT2D eigenvalue weighted by Crippen LogP contribution is -2.20. The van der Waals surface area contributed by atoms with Gasteiger partial charge in [-0.2, -0.15) is 0 Å². The maximum absolute atomic E-state index is 13.8. The normalized spacial score (nSPS) is 11.2. The highest BCUT2D eigenvalue weighted by atomic mass is 35.5. The number of carbonyl (C=O) groups is 1. The van der Waals surface area contributed by atoms with E-state index in [1.54, 1.807) is 0 Å². The van der Waals surface area contributed by atoms with Crippen LogP contribution in [0.3, 0.4) is 0 Å². The SMILES string of the molecule is COC(=O)c1nccnc1NS(=O)(=O)Cc1c(F)ccc(Cl)c1Cl. The molecule has 0 aliphatic carbocycles. The van der Waals surface area contributed by atoms with Crippen molar-refractivity contribution in [2.45, 2.75) is 5.75 Å². The van der Waals surface area contributed by atoms with Crippen LogP contribution in [0, 0.1) is 5.82 Å². The summed E-state index contributed by atoms with van der Waals surface area (Å²) in [6.45, 7) is 0. The van der Waals surface area contributed by atoms with Crippen LogP contribution in [0.15, 0.2) is 24.5 Å². The summed E-state index contributed by atoms with van der Waals surface area (Å²) in [7, 11) is -3.05. The molecular weight excluding hydrogens is 384 g/mol. The highest BCUT2D eigenvalue weighted by Crippen LogP contribution is 2.29. The Morgan fingerprint density at radius 3 is 2.62 bits per heavy atom. The van der Waals surface area contributed by atoms with E-state index in [1.807, 2.05) is 0 Å². The van der Waals surface area contributed by atoms with Gasteiger partial charge in [0.15, 0.2) is 11.5 Å². The quantitative estimate of drug-likeness (QED) is 0.619. The van der Waals surface area contributed by atoms with Gasteiger partial charge in [-0.1, -0.05) is 23.2 Å². The van der Waals surface area contributed by atoms with E-state index in [2.05, 4.69) is 19.4 Å². The number of rotatable bonds is 5. The predicted octanol–water partition coefficient (Wildman–Crippen LogP) is 2.65. The van der Waals surface area contributed by atoms with Gasteiger partial charge in [0.2, 0.25) is 10.0 Å². The van der Waals surface area contributed by atoms with E-state index in [4.69, 9.17) is 23.2 Å². The van der Waals surface area contributed by atoms with Crippen LogP contribution in [0.25, 0.3) is 0 Å². The largest absolute Gasteiger partial charge is 0.464 e. The Labute approximate surface area is 146 Å². The first-order valence-electron chi connectivity index (χ1n) is 6.27. The van der Waals surface area contributed by atoms with Crippen molar-refractivity contribution >= 4 is 45.0 Å². The molecule has 2 rings (SSSR count). The molecule has 128 valence electrons. The number of nitrogens with one attached hydrogen (secondary N) is 1. The number of halogens is 3. The summed E-state index contributed by atoms with van der Waals surface area (Å²) < 4.78 is 44.9. The standard InChI is InChI=1S/C13H10Cl2FN3O4S/c1-23-13(20)11-12(18-5-4-17-11)19-24(21,22)6-7-9(16)3-2-8(14)10(7)15/h2-5H,6H2,1H3,(H,18,19). The van der Waals surface area contributed by atoms with Crippen molar-refractivity contribution in [2.24, 2.45) is 0 Å². The van der Waals surface area contributed by atoms with E-state index in [-0.39, 0.29) is 27.1 Å². The third-order valence-corrected chi connectivity index (χ3v) is 4.82. The summed E-state index contributed by atoms with van der Waals surface area (Å²) >= 11 is 11.6. The average Bonchev–Trinajstić information content (AvgIpc) is 2.54. The summed E-state index contributed by atoms with van der Waals surface area (Å²) in [4.78, 5) is 19.0. The number of ether oxygens (including phenoxy) is 1. The Balaban J connectivity index is 2.35. The van der Waals surface area contributed by atoms with E-state index < -0.39 is 27.6 Å². The van der Waals surface area contributed by atoms with Crippen molar-refractivity contribution in [3.05, 3.63) is 51.6 Å². The molecule has 0 aliphatic heterocycles. The van der Waals surface area contributed by atoms with Crippen molar-refractivity contribution in [2.75, 3.05) is 11.8 Å². The number of benzene rings is 1. The van der Waals surface area contributed by atoms with Gasteiger partial charge in [-0.05, 0) is 12.1 Å². The van der Waals surface area contributed by atoms with Crippen molar-refractivity contribution < 1.29 is 22.3 Å². The van der Waals surface area contributed by atoms with Gasteiger partial charge in [0, 0.05) is 18.0 Å². The highest BCUT2D eigenvalue weighted by Gasteiger charge is 2.23. The Kier molecular flexibility index (Phi) is 5.58. The maximum atomic E-state index is 13.8. The molecule has 0 unspecified atom stereocenters. The van der Waals surface area contributed by atoms with Gasteiger partial charge in [0.25, 0.3) is 0 Å². The van der Waals surface area contributed by atoms with Gasteiger partial charge in [-0.15, -0.1) is 0 Å². The Bertz CT molecular complexity index is 893. The molecule has 0 saturated carbocycles. The first kappa shape index (κ1) is 18.4. The molecule has 0 spiro atoms. The van der Waals surface area contributed by atoms with E-state index in [0.717, 1.165) is 13.2 Å². The number of aromatic nitrogens is 2. The number of nitrogens with zero attached hydrogens (tertiary/aromatic N) is 2. The minimum absolute atomic E-state index is 0.0121. The van der Waals surface area contributed by atoms with Gasteiger partial charge >= 0.3 is 5.97 Å². The van der Waals surface area contributed by atoms with Crippen LogP contribution in [-0.4, -0.2) is 31.5 Å². The van der Waals surface area contributed by atoms with Crippen molar-refractivity contribution in [1.29, 1.82) is 0 Å². The lowest BCUT2D eigenvalue weighted by Gasteiger charge is -2.11. The zero-order chi connectivity index (χ0) is 17.9. The molecule has 11 heteroatoms. The van der Waals surface area contributed by atoms with Crippen LogP contribution in [-0.2, 0) is 20.5 Å². The van der Waals surface area contributed by atoms with Crippen LogP contribution >= 0.6 is 23.2 Å². The van der Waals surface area contributed by atoms with E-state index >= 15 is 0 Å². The molecule has 0 atom stereocenters. The average molecular weight is 394 g/mol. The Morgan fingerprint density at radius 2 is 1.96 bits per heavy atom. The molecule has 0 radical (unpaired) electrons. The van der Waals surface area contributed by atoms with Gasteiger partial charge in [-0.3, -0.25) is 4.72 Å². The topological polar surface area (TPSA) is 98.2 Å². The summed E-state index contributed by atoms with van der Waals surface area (Å²) in [5.74, 6) is -2.87. The number of sulfonamides is 1. The minimum Gasteiger partial charge on any atom is -0.464 e. The molecule has 0 fully saturated rings. The first-order chi connectivity index (χ1) is 11.2. The van der Waals surface area contributed by atoms with Crippen LogP contribution in [0.2, 0.25) is 10.0 Å². The molecule has 0 saturated heterocycles. The van der Waals surface area contributed by atoms with Gasteiger partial charge in [0.05, 0.1) is 22.9 Å². The third kappa shape index (κ3) is 4.11. The van der Waals surface area contributed by atoms with Crippen LogP contribution in [0.5, 0.6) is 0 Å². The van der Waals surface area contributed by atoms with E-state index in [9.17, 15) is 17.6 Å². The Morgan fingerprint density at radius 1 is 1.29 bits per heavy atom. The number of hydrogen-bond acceptors (Lipinski definition) is 6. The van der Waals surface area contributed by atoms with Crippen LogP contribution in [0.4, 0.5) is 10.2 Å².